The zero-order valence-corrected chi connectivity index (χ0v) is 8.59. The SMILES string of the molecule is OC1CCCn2c1nnc2C1CCOC1. The molecule has 1 saturated heterocycles. The first-order chi connectivity index (χ1) is 7.36. The van der Waals surface area contributed by atoms with Gasteiger partial charge in [-0.2, -0.15) is 0 Å². The molecule has 2 aliphatic rings. The summed E-state index contributed by atoms with van der Waals surface area (Å²) in [6.07, 6.45) is 2.41. The Bertz CT molecular complexity index is 358. The summed E-state index contributed by atoms with van der Waals surface area (Å²) in [5.41, 5.74) is 0. The molecule has 2 atom stereocenters. The van der Waals surface area contributed by atoms with E-state index in [4.69, 9.17) is 4.74 Å². The highest BCUT2D eigenvalue weighted by molar-refractivity contribution is 5.07. The van der Waals surface area contributed by atoms with Gasteiger partial charge in [0.25, 0.3) is 0 Å². The van der Waals surface area contributed by atoms with Crippen molar-refractivity contribution in [1.82, 2.24) is 14.8 Å². The summed E-state index contributed by atoms with van der Waals surface area (Å²) < 4.78 is 7.43. The van der Waals surface area contributed by atoms with Gasteiger partial charge in [-0.1, -0.05) is 0 Å². The Kier molecular flexibility index (Phi) is 2.21. The molecule has 1 N–H and O–H groups in total. The molecule has 5 heteroatoms. The smallest absolute Gasteiger partial charge is 0.161 e. The molecular formula is C10H15N3O2. The van der Waals surface area contributed by atoms with Crippen LogP contribution >= 0.6 is 0 Å². The molecule has 0 amide bonds. The predicted molar refractivity (Wildman–Crippen MR) is 52.4 cm³/mol. The highest BCUT2D eigenvalue weighted by atomic mass is 16.5. The van der Waals surface area contributed by atoms with Gasteiger partial charge in [0.05, 0.1) is 6.61 Å². The summed E-state index contributed by atoms with van der Waals surface area (Å²) in [5.74, 6) is 2.11. The van der Waals surface area contributed by atoms with E-state index in [2.05, 4.69) is 14.8 Å². The summed E-state index contributed by atoms with van der Waals surface area (Å²) in [4.78, 5) is 0. The van der Waals surface area contributed by atoms with Crippen LogP contribution in [0.2, 0.25) is 0 Å². The summed E-state index contributed by atoms with van der Waals surface area (Å²) in [7, 11) is 0. The van der Waals surface area contributed by atoms with Gasteiger partial charge in [0.1, 0.15) is 11.9 Å². The molecule has 0 saturated carbocycles. The fraction of sp³-hybridized carbons (Fsp3) is 0.800. The number of hydrogen-bond donors (Lipinski definition) is 1. The molecule has 0 aromatic carbocycles. The topological polar surface area (TPSA) is 60.2 Å². The van der Waals surface area contributed by atoms with Crippen molar-refractivity contribution in [1.29, 1.82) is 0 Å². The average Bonchev–Trinajstić information content (AvgIpc) is 2.85. The lowest BCUT2D eigenvalue weighted by Gasteiger charge is -2.20. The second kappa shape index (κ2) is 3.57. The Morgan fingerprint density at radius 2 is 2.13 bits per heavy atom. The van der Waals surface area contributed by atoms with Gasteiger partial charge in [0.15, 0.2) is 5.82 Å². The Morgan fingerprint density at radius 3 is 2.93 bits per heavy atom. The molecule has 0 radical (unpaired) electrons. The molecule has 1 aromatic heterocycles. The van der Waals surface area contributed by atoms with E-state index in [0.29, 0.717) is 5.92 Å². The van der Waals surface area contributed by atoms with Crippen molar-refractivity contribution in [2.45, 2.75) is 37.8 Å². The van der Waals surface area contributed by atoms with Gasteiger partial charge < -0.3 is 14.4 Å². The van der Waals surface area contributed by atoms with Crippen molar-refractivity contribution in [2.24, 2.45) is 0 Å². The van der Waals surface area contributed by atoms with Crippen LogP contribution in [0.3, 0.4) is 0 Å². The highest BCUT2D eigenvalue weighted by Gasteiger charge is 2.29. The standard InChI is InChI=1S/C10H15N3O2/c14-8-2-1-4-13-9(11-12-10(8)13)7-3-5-15-6-7/h7-8,14H,1-6H2. The van der Waals surface area contributed by atoms with Crippen LogP contribution in [0.15, 0.2) is 0 Å². The summed E-state index contributed by atoms with van der Waals surface area (Å²) in [6, 6.07) is 0. The molecule has 0 aliphatic carbocycles. The molecule has 15 heavy (non-hydrogen) atoms. The van der Waals surface area contributed by atoms with Crippen LogP contribution in [-0.4, -0.2) is 33.1 Å². The Morgan fingerprint density at radius 1 is 1.27 bits per heavy atom. The van der Waals surface area contributed by atoms with Crippen molar-refractivity contribution >= 4 is 0 Å². The lowest BCUT2D eigenvalue weighted by Crippen LogP contribution is -2.19. The van der Waals surface area contributed by atoms with Crippen LogP contribution in [0.5, 0.6) is 0 Å². The number of rotatable bonds is 1. The number of aliphatic hydroxyl groups is 1. The lowest BCUT2D eigenvalue weighted by atomic mass is 10.1. The molecule has 2 unspecified atom stereocenters. The number of aromatic nitrogens is 3. The maximum atomic E-state index is 9.76. The average molecular weight is 209 g/mol. The van der Waals surface area contributed by atoms with Gasteiger partial charge in [-0.3, -0.25) is 0 Å². The highest BCUT2D eigenvalue weighted by Crippen LogP contribution is 2.29. The van der Waals surface area contributed by atoms with Crippen LogP contribution in [0.1, 0.15) is 42.9 Å². The van der Waals surface area contributed by atoms with E-state index >= 15 is 0 Å². The van der Waals surface area contributed by atoms with E-state index < -0.39 is 6.10 Å². The lowest BCUT2D eigenvalue weighted by molar-refractivity contribution is 0.132. The van der Waals surface area contributed by atoms with E-state index in [1.807, 2.05) is 0 Å². The summed E-state index contributed by atoms with van der Waals surface area (Å²) in [6.45, 7) is 2.49. The third-order valence-corrected chi connectivity index (χ3v) is 3.26. The minimum atomic E-state index is -0.428. The minimum absolute atomic E-state index is 0.372. The van der Waals surface area contributed by atoms with Gasteiger partial charge in [0, 0.05) is 19.1 Å². The van der Waals surface area contributed by atoms with Gasteiger partial charge in [-0.05, 0) is 19.3 Å². The van der Waals surface area contributed by atoms with Gasteiger partial charge in [-0.25, -0.2) is 0 Å². The first kappa shape index (κ1) is 9.30. The summed E-state index contributed by atoms with van der Waals surface area (Å²) >= 11 is 0. The van der Waals surface area contributed by atoms with Crippen molar-refractivity contribution < 1.29 is 9.84 Å². The molecule has 5 nitrogen and oxygen atoms in total. The van der Waals surface area contributed by atoms with Crippen LogP contribution in [0.25, 0.3) is 0 Å². The second-order valence-corrected chi connectivity index (χ2v) is 4.29. The molecule has 0 bridgehead atoms. The fourth-order valence-corrected chi connectivity index (χ4v) is 2.42. The molecule has 3 rings (SSSR count). The predicted octanol–water partition coefficient (Wildman–Crippen LogP) is 0.609. The molecule has 1 aromatic rings. The van der Waals surface area contributed by atoms with E-state index in [1.54, 1.807) is 0 Å². The maximum Gasteiger partial charge on any atom is 0.161 e. The monoisotopic (exact) mass is 209 g/mol. The Hall–Kier alpha value is -0.940. The van der Waals surface area contributed by atoms with Crippen LogP contribution in [0.4, 0.5) is 0 Å². The molecule has 82 valence electrons. The first-order valence-corrected chi connectivity index (χ1v) is 5.55. The van der Waals surface area contributed by atoms with Crippen molar-refractivity contribution in [2.75, 3.05) is 13.2 Å². The van der Waals surface area contributed by atoms with Crippen LogP contribution in [0, 0.1) is 0 Å². The molecule has 3 heterocycles. The van der Waals surface area contributed by atoms with Gasteiger partial charge >= 0.3 is 0 Å². The van der Waals surface area contributed by atoms with Crippen molar-refractivity contribution in [3.63, 3.8) is 0 Å². The van der Waals surface area contributed by atoms with E-state index in [1.165, 1.54) is 0 Å². The third kappa shape index (κ3) is 1.46. The number of hydrogen-bond acceptors (Lipinski definition) is 4. The Balaban J connectivity index is 1.95. The number of aliphatic hydroxyl groups excluding tert-OH is 1. The molecule has 2 aliphatic heterocycles. The van der Waals surface area contributed by atoms with Crippen LogP contribution < -0.4 is 0 Å². The quantitative estimate of drug-likeness (QED) is 0.736. The Labute approximate surface area is 88.1 Å². The van der Waals surface area contributed by atoms with E-state index in [0.717, 1.165) is 50.7 Å². The van der Waals surface area contributed by atoms with Gasteiger partial charge in [-0.15, -0.1) is 10.2 Å². The first-order valence-electron chi connectivity index (χ1n) is 5.55. The minimum Gasteiger partial charge on any atom is -0.385 e. The van der Waals surface area contributed by atoms with Gasteiger partial charge in [0.2, 0.25) is 0 Å². The van der Waals surface area contributed by atoms with E-state index in [9.17, 15) is 5.11 Å². The maximum absolute atomic E-state index is 9.76. The number of fused-ring (bicyclic) bond motifs is 1. The molecule has 0 spiro atoms. The number of nitrogens with zero attached hydrogens (tertiary/aromatic N) is 3. The van der Waals surface area contributed by atoms with Crippen LogP contribution in [-0.2, 0) is 11.3 Å². The fourth-order valence-electron chi connectivity index (χ4n) is 2.42. The number of ether oxygens (including phenoxy) is 1. The largest absolute Gasteiger partial charge is 0.385 e. The molecule has 1 fully saturated rings. The summed E-state index contributed by atoms with van der Waals surface area (Å²) in [5, 5.41) is 18.1. The van der Waals surface area contributed by atoms with Crippen molar-refractivity contribution in [3.05, 3.63) is 11.6 Å². The zero-order valence-electron chi connectivity index (χ0n) is 8.59. The zero-order chi connectivity index (χ0) is 10.3. The van der Waals surface area contributed by atoms with Crippen molar-refractivity contribution in [3.8, 4) is 0 Å². The van der Waals surface area contributed by atoms with E-state index in [-0.39, 0.29) is 0 Å². The molecular weight excluding hydrogens is 194 g/mol. The normalized spacial score (nSPS) is 30.5. The second-order valence-electron chi connectivity index (χ2n) is 4.29. The third-order valence-electron chi connectivity index (χ3n) is 3.26.